The zero-order valence-electron chi connectivity index (χ0n) is 13.7. The van der Waals surface area contributed by atoms with Crippen LogP contribution in [-0.4, -0.2) is 30.2 Å². The van der Waals surface area contributed by atoms with E-state index >= 15 is 0 Å². The Bertz CT molecular complexity index is 740. The molecule has 22 heavy (non-hydrogen) atoms. The van der Waals surface area contributed by atoms with Crippen LogP contribution in [0.4, 0.5) is 0 Å². The fraction of sp³-hybridized carbons (Fsp3) is 0.500. The van der Waals surface area contributed by atoms with Crippen LogP contribution < -0.4 is 5.63 Å². The van der Waals surface area contributed by atoms with Gasteiger partial charge in [-0.3, -0.25) is 4.90 Å². The van der Waals surface area contributed by atoms with Gasteiger partial charge in [-0.05, 0) is 56.5 Å². The first-order chi connectivity index (χ1) is 10.4. The number of rotatable bonds is 2. The summed E-state index contributed by atoms with van der Waals surface area (Å²) < 4.78 is 11.1. The van der Waals surface area contributed by atoms with Gasteiger partial charge in [-0.1, -0.05) is 0 Å². The fourth-order valence-electron chi connectivity index (χ4n) is 3.27. The van der Waals surface area contributed by atoms with Gasteiger partial charge in [0, 0.05) is 31.1 Å². The topological polar surface area (TPSA) is 42.7 Å². The molecule has 0 saturated carbocycles. The van der Waals surface area contributed by atoms with Crippen LogP contribution in [-0.2, 0) is 11.3 Å². The number of hydrogen-bond donors (Lipinski definition) is 0. The smallest absolute Gasteiger partial charge is 0.336 e. The fourth-order valence-corrected chi connectivity index (χ4v) is 3.27. The molecule has 118 valence electrons. The minimum absolute atomic E-state index is 0.221. The summed E-state index contributed by atoms with van der Waals surface area (Å²) in [6.45, 7) is 10.8. The lowest BCUT2D eigenvalue weighted by Crippen LogP contribution is -2.44. The minimum Gasteiger partial charge on any atom is -0.423 e. The highest BCUT2D eigenvalue weighted by Gasteiger charge is 2.23. The van der Waals surface area contributed by atoms with Crippen molar-refractivity contribution < 1.29 is 9.15 Å². The minimum atomic E-state index is -0.278. The number of nitrogens with zero attached hydrogens (tertiary/aromatic N) is 1. The van der Waals surface area contributed by atoms with Gasteiger partial charge in [0.05, 0.1) is 12.2 Å². The highest BCUT2D eigenvalue weighted by molar-refractivity contribution is 5.81. The average Bonchev–Trinajstić information content (AvgIpc) is 2.39. The lowest BCUT2D eigenvalue weighted by atomic mass is 10.0. The lowest BCUT2D eigenvalue weighted by Gasteiger charge is -2.35. The maximum atomic E-state index is 11.9. The second kappa shape index (κ2) is 5.86. The van der Waals surface area contributed by atoms with E-state index in [4.69, 9.17) is 9.15 Å². The normalized spacial score (nSPS) is 23.1. The molecule has 3 rings (SSSR count). The first kappa shape index (κ1) is 15.3. The van der Waals surface area contributed by atoms with Crippen LogP contribution in [0.3, 0.4) is 0 Å². The first-order valence-corrected chi connectivity index (χ1v) is 7.84. The van der Waals surface area contributed by atoms with E-state index < -0.39 is 0 Å². The van der Waals surface area contributed by atoms with Crippen molar-refractivity contribution in [1.29, 1.82) is 0 Å². The molecule has 0 spiro atoms. The summed E-state index contributed by atoms with van der Waals surface area (Å²) in [5.41, 5.74) is 3.79. The highest BCUT2D eigenvalue weighted by atomic mass is 16.5. The number of ether oxygens (including phenoxy) is 1. The molecule has 1 aromatic carbocycles. The summed E-state index contributed by atoms with van der Waals surface area (Å²) in [6.07, 6.45) is 0.443. The summed E-state index contributed by atoms with van der Waals surface area (Å²) in [7, 11) is 0. The van der Waals surface area contributed by atoms with Gasteiger partial charge in [-0.25, -0.2) is 4.79 Å². The van der Waals surface area contributed by atoms with Crippen LogP contribution in [0.5, 0.6) is 0 Å². The summed E-state index contributed by atoms with van der Waals surface area (Å²) in [5, 5.41) is 1.04. The van der Waals surface area contributed by atoms with E-state index in [1.807, 2.05) is 13.0 Å². The van der Waals surface area contributed by atoms with Crippen molar-refractivity contribution in [1.82, 2.24) is 4.90 Å². The quantitative estimate of drug-likeness (QED) is 0.800. The van der Waals surface area contributed by atoms with Crippen LogP contribution in [0.2, 0.25) is 0 Å². The monoisotopic (exact) mass is 301 g/mol. The molecular weight excluding hydrogens is 278 g/mol. The lowest BCUT2D eigenvalue weighted by molar-refractivity contribution is -0.0704. The molecule has 0 unspecified atom stereocenters. The van der Waals surface area contributed by atoms with Crippen molar-refractivity contribution in [3.05, 3.63) is 45.3 Å². The van der Waals surface area contributed by atoms with Crippen molar-refractivity contribution in [2.24, 2.45) is 0 Å². The number of hydrogen-bond acceptors (Lipinski definition) is 4. The molecule has 2 atom stereocenters. The zero-order chi connectivity index (χ0) is 15.9. The standard InChI is InChI=1S/C18H23NO3/c1-11-5-16-15(7-18(20)22-17(16)6-12(11)2)10-19-8-13(3)21-14(4)9-19/h5-7,13-14H,8-10H2,1-4H3/t13-,14-/m1/s1. The van der Waals surface area contributed by atoms with E-state index in [9.17, 15) is 4.79 Å². The highest BCUT2D eigenvalue weighted by Crippen LogP contribution is 2.23. The van der Waals surface area contributed by atoms with Gasteiger partial charge in [-0.2, -0.15) is 0 Å². The Kier molecular flexibility index (Phi) is 4.06. The molecule has 0 aliphatic carbocycles. The molecule has 0 radical (unpaired) electrons. The SMILES string of the molecule is Cc1cc2oc(=O)cc(CN3C[C@@H](C)O[C@H](C)C3)c2cc1C. The zero-order valence-corrected chi connectivity index (χ0v) is 13.7. The molecule has 2 heterocycles. The van der Waals surface area contributed by atoms with Gasteiger partial charge in [-0.15, -0.1) is 0 Å². The molecule has 0 bridgehead atoms. The maximum absolute atomic E-state index is 11.9. The molecule has 1 fully saturated rings. The number of benzene rings is 1. The van der Waals surface area contributed by atoms with E-state index in [1.54, 1.807) is 6.07 Å². The van der Waals surface area contributed by atoms with Crippen LogP contribution >= 0.6 is 0 Å². The number of fused-ring (bicyclic) bond motifs is 1. The Hall–Kier alpha value is -1.65. The van der Waals surface area contributed by atoms with Gasteiger partial charge in [0.25, 0.3) is 0 Å². The molecule has 4 nitrogen and oxygen atoms in total. The molecule has 1 aromatic heterocycles. The Morgan fingerprint density at radius 1 is 1.09 bits per heavy atom. The van der Waals surface area contributed by atoms with Gasteiger partial charge in [0.1, 0.15) is 5.58 Å². The summed E-state index contributed by atoms with van der Waals surface area (Å²) in [4.78, 5) is 14.2. The van der Waals surface area contributed by atoms with Crippen LogP contribution in [0.15, 0.2) is 27.4 Å². The average molecular weight is 301 g/mol. The van der Waals surface area contributed by atoms with Crippen LogP contribution in [0, 0.1) is 13.8 Å². The second-order valence-corrected chi connectivity index (χ2v) is 6.47. The summed E-state index contributed by atoms with van der Waals surface area (Å²) in [6, 6.07) is 5.71. The van der Waals surface area contributed by atoms with E-state index in [-0.39, 0.29) is 17.8 Å². The molecule has 0 N–H and O–H groups in total. The van der Waals surface area contributed by atoms with Crippen molar-refractivity contribution >= 4 is 11.0 Å². The molecule has 0 amide bonds. The third kappa shape index (κ3) is 3.08. The predicted molar refractivity (Wildman–Crippen MR) is 87.2 cm³/mol. The third-order valence-corrected chi connectivity index (χ3v) is 4.33. The van der Waals surface area contributed by atoms with Crippen LogP contribution in [0.25, 0.3) is 11.0 Å². The third-order valence-electron chi connectivity index (χ3n) is 4.33. The molecule has 4 heteroatoms. The van der Waals surface area contributed by atoms with E-state index in [1.165, 1.54) is 5.56 Å². The number of morpholine rings is 1. The Morgan fingerprint density at radius 3 is 2.41 bits per heavy atom. The van der Waals surface area contributed by atoms with Gasteiger partial charge >= 0.3 is 5.63 Å². The van der Waals surface area contributed by atoms with E-state index in [2.05, 4.69) is 31.7 Å². The first-order valence-electron chi connectivity index (χ1n) is 7.84. The predicted octanol–water partition coefficient (Wildman–Crippen LogP) is 3.02. The molecule has 2 aromatic rings. The molecular formula is C18H23NO3. The summed E-state index contributed by atoms with van der Waals surface area (Å²) >= 11 is 0. The van der Waals surface area contributed by atoms with Gasteiger partial charge in [0.2, 0.25) is 0 Å². The second-order valence-electron chi connectivity index (χ2n) is 6.47. The number of aryl methyl sites for hydroxylation is 2. The Balaban J connectivity index is 1.99. The van der Waals surface area contributed by atoms with Crippen molar-refractivity contribution in [3.8, 4) is 0 Å². The molecule has 1 saturated heterocycles. The maximum Gasteiger partial charge on any atom is 0.336 e. The van der Waals surface area contributed by atoms with E-state index in [0.717, 1.165) is 36.1 Å². The molecule has 1 aliphatic rings. The van der Waals surface area contributed by atoms with Crippen molar-refractivity contribution in [2.45, 2.75) is 46.4 Å². The van der Waals surface area contributed by atoms with Crippen molar-refractivity contribution in [3.63, 3.8) is 0 Å². The van der Waals surface area contributed by atoms with E-state index in [0.29, 0.717) is 5.58 Å². The van der Waals surface area contributed by atoms with Crippen molar-refractivity contribution in [2.75, 3.05) is 13.1 Å². The van der Waals surface area contributed by atoms with Gasteiger partial charge < -0.3 is 9.15 Å². The Labute approximate surface area is 130 Å². The Morgan fingerprint density at radius 2 is 1.73 bits per heavy atom. The summed E-state index contributed by atoms with van der Waals surface area (Å²) in [5.74, 6) is 0. The van der Waals surface area contributed by atoms with Gasteiger partial charge in [0.15, 0.2) is 0 Å². The largest absolute Gasteiger partial charge is 0.423 e. The van der Waals surface area contributed by atoms with Crippen LogP contribution in [0.1, 0.15) is 30.5 Å². The molecule has 1 aliphatic heterocycles.